The van der Waals surface area contributed by atoms with Crippen molar-refractivity contribution in [2.75, 3.05) is 13.7 Å². The quantitative estimate of drug-likeness (QED) is 0.419. The van der Waals surface area contributed by atoms with Gasteiger partial charge in [-0.25, -0.2) is 0 Å². The van der Waals surface area contributed by atoms with Crippen molar-refractivity contribution in [1.29, 1.82) is 0 Å². The molecule has 5 nitrogen and oxygen atoms in total. The Labute approximate surface area is 163 Å². The molecule has 0 aliphatic carbocycles. The van der Waals surface area contributed by atoms with E-state index in [0.717, 1.165) is 38.6 Å². The molecule has 0 saturated carbocycles. The van der Waals surface area contributed by atoms with E-state index in [4.69, 9.17) is 14.2 Å². The summed E-state index contributed by atoms with van der Waals surface area (Å²) in [4.78, 5) is 10.8. The van der Waals surface area contributed by atoms with Crippen molar-refractivity contribution in [1.82, 2.24) is 5.32 Å². The van der Waals surface area contributed by atoms with E-state index in [1.54, 1.807) is 0 Å². The van der Waals surface area contributed by atoms with E-state index in [1.165, 1.54) is 5.57 Å². The predicted molar refractivity (Wildman–Crippen MR) is 106 cm³/mol. The van der Waals surface area contributed by atoms with Gasteiger partial charge in [-0.05, 0) is 39.7 Å². The lowest BCUT2D eigenvalue weighted by molar-refractivity contribution is -0.114. The Kier molecular flexibility index (Phi) is 6.90. The zero-order valence-corrected chi connectivity index (χ0v) is 17.1. The Morgan fingerprint density at radius 1 is 1.22 bits per heavy atom. The first-order valence-corrected chi connectivity index (χ1v) is 10.4. The summed E-state index contributed by atoms with van der Waals surface area (Å²) < 4.78 is 17.9. The maximum absolute atomic E-state index is 10.8. The van der Waals surface area contributed by atoms with Crippen LogP contribution in [0.25, 0.3) is 0 Å². The monoisotopic (exact) mass is 377 g/mol. The molecule has 3 aliphatic heterocycles. The molecule has 0 aromatic heterocycles. The standard InChI is InChI=1S/C22H35NO4/c1-15(6-8-21-16(2)11-20(23-4)17(3)26-21)5-7-18-12-22(14-25-22)13-19(27-18)9-10-24/h5-7,10,16-21,23H,8-9,11-14H2,1-4H3/b7-5+,15-6+/t16?,17?,18?,19-,20?,21?,22?/m1/s1. The zero-order chi connectivity index (χ0) is 19.4. The van der Waals surface area contributed by atoms with Gasteiger partial charge in [-0.3, -0.25) is 0 Å². The fraction of sp³-hybridized carbons (Fsp3) is 0.773. The Hall–Kier alpha value is -1.01. The Morgan fingerprint density at radius 3 is 2.67 bits per heavy atom. The molecule has 1 spiro atoms. The van der Waals surface area contributed by atoms with E-state index in [1.807, 2.05) is 7.05 Å². The number of rotatable bonds is 7. The first-order chi connectivity index (χ1) is 12.9. The van der Waals surface area contributed by atoms with Gasteiger partial charge in [0.15, 0.2) is 0 Å². The third-order valence-electron chi connectivity index (χ3n) is 6.28. The highest BCUT2D eigenvalue weighted by Gasteiger charge is 2.51. The van der Waals surface area contributed by atoms with Crippen LogP contribution in [0.2, 0.25) is 0 Å². The zero-order valence-electron chi connectivity index (χ0n) is 17.1. The van der Waals surface area contributed by atoms with Gasteiger partial charge in [0.05, 0.1) is 36.6 Å². The molecule has 152 valence electrons. The molecule has 3 heterocycles. The van der Waals surface area contributed by atoms with Crippen LogP contribution in [0.5, 0.6) is 0 Å². The van der Waals surface area contributed by atoms with Crippen LogP contribution >= 0.6 is 0 Å². The summed E-state index contributed by atoms with van der Waals surface area (Å²) in [6.45, 7) is 7.35. The van der Waals surface area contributed by atoms with Gasteiger partial charge in [0.25, 0.3) is 0 Å². The third-order valence-corrected chi connectivity index (χ3v) is 6.28. The molecule has 3 fully saturated rings. The average molecular weight is 378 g/mol. The largest absolute Gasteiger partial charge is 0.373 e. The number of carbonyl (C=O) groups is 1. The molecule has 3 saturated heterocycles. The minimum absolute atomic E-state index is 0.0178. The molecular weight excluding hydrogens is 342 g/mol. The van der Waals surface area contributed by atoms with Gasteiger partial charge in [0, 0.05) is 25.3 Å². The maximum Gasteiger partial charge on any atom is 0.122 e. The molecule has 5 heteroatoms. The molecule has 0 aromatic rings. The van der Waals surface area contributed by atoms with Crippen molar-refractivity contribution in [3.63, 3.8) is 0 Å². The van der Waals surface area contributed by atoms with E-state index in [-0.39, 0.29) is 30.0 Å². The number of epoxide rings is 1. The molecule has 0 amide bonds. The van der Waals surface area contributed by atoms with Gasteiger partial charge in [0.1, 0.15) is 6.29 Å². The second-order valence-electron chi connectivity index (χ2n) is 8.61. The fourth-order valence-corrected chi connectivity index (χ4v) is 4.42. The highest BCUT2D eigenvalue weighted by atomic mass is 16.6. The van der Waals surface area contributed by atoms with Crippen LogP contribution in [-0.2, 0) is 19.0 Å². The van der Waals surface area contributed by atoms with Crippen LogP contribution < -0.4 is 5.32 Å². The number of allylic oxidation sites excluding steroid dienone is 2. The molecule has 7 atom stereocenters. The van der Waals surface area contributed by atoms with E-state index in [2.05, 4.69) is 44.3 Å². The summed E-state index contributed by atoms with van der Waals surface area (Å²) in [5, 5.41) is 3.35. The van der Waals surface area contributed by atoms with Gasteiger partial charge >= 0.3 is 0 Å². The van der Waals surface area contributed by atoms with E-state index >= 15 is 0 Å². The van der Waals surface area contributed by atoms with Crippen LogP contribution in [-0.4, -0.2) is 56.0 Å². The smallest absolute Gasteiger partial charge is 0.122 e. The molecule has 0 bridgehead atoms. The molecule has 6 unspecified atom stereocenters. The summed E-state index contributed by atoms with van der Waals surface area (Å²) >= 11 is 0. The first kappa shape index (κ1) is 20.7. The van der Waals surface area contributed by atoms with Crippen LogP contribution in [0, 0.1) is 5.92 Å². The summed E-state index contributed by atoms with van der Waals surface area (Å²) in [5.41, 5.74) is 1.19. The Morgan fingerprint density at radius 2 is 2.00 bits per heavy atom. The number of hydrogen-bond acceptors (Lipinski definition) is 5. The number of hydrogen-bond donors (Lipinski definition) is 1. The molecular formula is C22H35NO4. The Bertz CT molecular complexity index is 569. The van der Waals surface area contributed by atoms with Crippen molar-refractivity contribution < 1.29 is 19.0 Å². The summed E-state index contributed by atoms with van der Waals surface area (Å²) in [6.07, 6.45) is 12.3. The molecule has 27 heavy (non-hydrogen) atoms. The van der Waals surface area contributed by atoms with Crippen LogP contribution in [0.3, 0.4) is 0 Å². The van der Waals surface area contributed by atoms with Crippen LogP contribution in [0.4, 0.5) is 0 Å². The minimum Gasteiger partial charge on any atom is -0.373 e. The number of ether oxygens (including phenoxy) is 3. The van der Waals surface area contributed by atoms with Crippen molar-refractivity contribution >= 4 is 6.29 Å². The number of aldehydes is 1. The lowest BCUT2D eigenvalue weighted by Gasteiger charge is -2.38. The van der Waals surface area contributed by atoms with Gasteiger partial charge in [-0.1, -0.05) is 30.7 Å². The molecule has 0 radical (unpaired) electrons. The normalized spacial score (nSPS) is 42.6. The van der Waals surface area contributed by atoms with E-state index in [0.29, 0.717) is 18.4 Å². The average Bonchev–Trinajstić information content (AvgIpc) is 3.38. The maximum atomic E-state index is 10.8. The first-order valence-electron chi connectivity index (χ1n) is 10.4. The molecule has 1 N–H and O–H groups in total. The van der Waals surface area contributed by atoms with Crippen molar-refractivity contribution in [3.05, 3.63) is 23.8 Å². The van der Waals surface area contributed by atoms with Crippen LogP contribution in [0.15, 0.2) is 23.8 Å². The van der Waals surface area contributed by atoms with Crippen LogP contribution in [0.1, 0.15) is 52.9 Å². The third kappa shape index (κ3) is 5.50. The van der Waals surface area contributed by atoms with E-state index < -0.39 is 0 Å². The number of nitrogens with one attached hydrogen (secondary N) is 1. The van der Waals surface area contributed by atoms with Crippen molar-refractivity contribution in [2.45, 2.75) is 88.9 Å². The summed E-state index contributed by atoms with van der Waals surface area (Å²) in [5.74, 6) is 0.546. The fourth-order valence-electron chi connectivity index (χ4n) is 4.42. The SMILES string of the molecule is CNC1CC(C)C(C/C=C(C)/C=C/C2CC3(CO3)C[C@@H](CC=O)O2)OC1C. The molecule has 3 aliphatic rings. The van der Waals surface area contributed by atoms with E-state index in [9.17, 15) is 4.79 Å². The lowest BCUT2D eigenvalue weighted by Crippen LogP contribution is -2.47. The second-order valence-corrected chi connectivity index (χ2v) is 8.61. The lowest BCUT2D eigenvalue weighted by atomic mass is 9.88. The Balaban J connectivity index is 1.51. The summed E-state index contributed by atoms with van der Waals surface area (Å²) in [6, 6.07) is 0.445. The highest BCUT2D eigenvalue weighted by molar-refractivity contribution is 5.50. The number of likely N-dealkylation sites (N-methyl/N-ethyl adjacent to an activating group) is 1. The van der Waals surface area contributed by atoms with Crippen molar-refractivity contribution in [3.8, 4) is 0 Å². The highest BCUT2D eigenvalue weighted by Crippen LogP contribution is 2.42. The minimum atomic E-state index is -0.0378. The van der Waals surface area contributed by atoms with Gasteiger partial charge in [-0.2, -0.15) is 0 Å². The van der Waals surface area contributed by atoms with Gasteiger partial charge in [0.2, 0.25) is 0 Å². The second kappa shape index (κ2) is 8.99. The van der Waals surface area contributed by atoms with Gasteiger partial charge in [-0.15, -0.1) is 0 Å². The molecule has 3 rings (SSSR count). The predicted octanol–water partition coefficient (Wildman–Crippen LogP) is 3.19. The van der Waals surface area contributed by atoms with Crippen molar-refractivity contribution in [2.24, 2.45) is 5.92 Å². The summed E-state index contributed by atoms with van der Waals surface area (Å²) in [7, 11) is 2.01. The molecule has 0 aromatic carbocycles. The topological polar surface area (TPSA) is 60.1 Å². The number of carbonyl (C=O) groups excluding carboxylic acids is 1. The van der Waals surface area contributed by atoms with Gasteiger partial charge < -0.3 is 24.3 Å².